The van der Waals surface area contributed by atoms with Gasteiger partial charge in [-0.3, -0.25) is 14.9 Å². The van der Waals surface area contributed by atoms with Gasteiger partial charge in [0, 0.05) is 22.7 Å². The van der Waals surface area contributed by atoms with Crippen molar-refractivity contribution in [2.24, 2.45) is 5.92 Å². The van der Waals surface area contributed by atoms with E-state index < -0.39 is 4.92 Å². The quantitative estimate of drug-likeness (QED) is 0.478. The summed E-state index contributed by atoms with van der Waals surface area (Å²) in [5.41, 5.74) is 3.40. The summed E-state index contributed by atoms with van der Waals surface area (Å²) >= 11 is 1.58. The highest BCUT2D eigenvalue weighted by atomic mass is 32.1. The Balaban J connectivity index is 1.50. The lowest BCUT2D eigenvalue weighted by molar-refractivity contribution is -0.384. The molecule has 28 heavy (non-hydrogen) atoms. The first-order valence-corrected chi connectivity index (χ1v) is 9.75. The molecule has 1 aliphatic rings. The van der Waals surface area contributed by atoms with Crippen molar-refractivity contribution in [3.63, 3.8) is 0 Å². The van der Waals surface area contributed by atoms with Crippen molar-refractivity contribution in [3.05, 3.63) is 80.0 Å². The summed E-state index contributed by atoms with van der Waals surface area (Å²) < 4.78 is 5.80. The third-order valence-electron chi connectivity index (χ3n) is 4.75. The summed E-state index contributed by atoms with van der Waals surface area (Å²) in [5.74, 6) is 0.534. The second-order valence-corrected chi connectivity index (χ2v) is 7.76. The van der Waals surface area contributed by atoms with E-state index in [1.165, 1.54) is 12.1 Å². The third kappa shape index (κ3) is 3.61. The standard InChI is InChI=1S/C21H18N2O4S/c1-13-2-7-19-17(10-13)21(24)14(12-27-19)11-20-18(8-9-28-20)22-15-3-5-16(6-4-15)23(25)26/h2-10,14,22H,11-12H2,1H3. The first-order valence-electron chi connectivity index (χ1n) is 8.87. The van der Waals surface area contributed by atoms with Crippen LogP contribution in [0.25, 0.3) is 0 Å². The van der Waals surface area contributed by atoms with Gasteiger partial charge in [0.2, 0.25) is 0 Å². The highest BCUT2D eigenvalue weighted by molar-refractivity contribution is 7.10. The number of anilines is 2. The third-order valence-corrected chi connectivity index (χ3v) is 5.69. The molecule has 0 amide bonds. The molecule has 4 rings (SSSR count). The number of carbonyl (C=O) groups excluding carboxylic acids is 1. The number of non-ortho nitro benzene ring substituents is 1. The summed E-state index contributed by atoms with van der Waals surface area (Å²) in [6.45, 7) is 2.33. The van der Waals surface area contributed by atoms with E-state index in [1.54, 1.807) is 23.5 Å². The maximum Gasteiger partial charge on any atom is 0.269 e. The number of nitrogens with one attached hydrogen (secondary N) is 1. The first kappa shape index (κ1) is 18.2. The molecule has 1 unspecified atom stereocenters. The number of rotatable bonds is 5. The molecule has 0 saturated carbocycles. The van der Waals surface area contributed by atoms with Gasteiger partial charge in [-0.25, -0.2) is 0 Å². The molecule has 0 fully saturated rings. The summed E-state index contributed by atoms with van der Waals surface area (Å²) in [7, 11) is 0. The molecule has 0 bridgehead atoms. The van der Waals surface area contributed by atoms with Crippen LogP contribution in [-0.4, -0.2) is 17.3 Å². The molecule has 0 aliphatic carbocycles. The van der Waals surface area contributed by atoms with Gasteiger partial charge in [0.25, 0.3) is 5.69 Å². The molecule has 1 aromatic heterocycles. The van der Waals surface area contributed by atoms with Crippen LogP contribution in [-0.2, 0) is 6.42 Å². The number of nitro groups is 1. The van der Waals surface area contributed by atoms with E-state index in [0.717, 1.165) is 21.8 Å². The minimum atomic E-state index is -0.423. The number of hydrogen-bond acceptors (Lipinski definition) is 6. The van der Waals surface area contributed by atoms with Crippen molar-refractivity contribution in [2.75, 3.05) is 11.9 Å². The Morgan fingerprint density at radius 3 is 2.75 bits per heavy atom. The highest BCUT2D eigenvalue weighted by Crippen LogP contribution is 2.34. The average Bonchev–Trinajstić information content (AvgIpc) is 3.11. The van der Waals surface area contributed by atoms with Gasteiger partial charge in [0.1, 0.15) is 5.75 Å². The van der Waals surface area contributed by atoms with Crippen molar-refractivity contribution in [1.82, 2.24) is 0 Å². The second kappa shape index (κ2) is 7.44. The number of carbonyl (C=O) groups is 1. The minimum Gasteiger partial charge on any atom is -0.492 e. The van der Waals surface area contributed by atoms with Crippen molar-refractivity contribution < 1.29 is 14.5 Å². The molecule has 3 aromatic rings. The molecule has 1 atom stereocenters. The Bertz CT molecular complexity index is 1040. The molecule has 142 valence electrons. The molecule has 6 nitrogen and oxygen atoms in total. The van der Waals surface area contributed by atoms with E-state index >= 15 is 0 Å². The number of benzene rings is 2. The fraction of sp³-hybridized carbons (Fsp3) is 0.190. The molecule has 7 heteroatoms. The topological polar surface area (TPSA) is 81.5 Å². The number of hydrogen-bond donors (Lipinski definition) is 1. The number of ether oxygens (including phenoxy) is 1. The van der Waals surface area contributed by atoms with Crippen molar-refractivity contribution in [3.8, 4) is 5.75 Å². The zero-order valence-corrected chi connectivity index (χ0v) is 16.0. The lowest BCUT2D eigenvalue weighted by atomic mass is 9.91. The zero-order valence-electron chi connectivity index (χ0n) is 15.2. The second-order valence-electron chi connectivity index (χ2n) is 6.76. The van der Waals surface area contributed by atoms with Crippen LogP contribution in [0, 0.1) is 23.0 Å². The Morgan fingerprint density at radius 2 is 2.00 bits per heavy atom. The number of Topliss-reactive ketones (excluding diaryl/α,β-unsaturated/α-hetero) is 1. The molecule has 1 aliphatic heterocycles. The number of aryl methyl sites for hydroxylation is 1. The van der Waals surface area contributed by atoms with Crippen LogP contribution in [0.1, 0.15) is 20.8 Å². The first-order chi connectivity index (χ1) is 13.5. The maximum atomic E-state index is 12.9. The van der Waals surface area contributed by atoms with Gasteiger partial charge >= 0.3 is 0 Å². The van der Waals surface area contributed by atoms with Gasteiger partial charge in [-0.15, -0.1) is 11.3 Å². The van der Waals surface area contributed by atoms with Crippen LogP contribution >= 0.6 is 11.3 Å². The molecule has 2 aromatic carbocycles. The van der Waals surface area contributed by atoms with Gasteiger partial charge in [0.15, 0.2) is 5.78 Å². The summed E-state index contributed by atoms with van der Waals surface area (Å²) in [4.78, 5) is 24.3. The van der Waals surface area contributed by atoms with Crippen LogP contribution in [0.3, 0.4) is 0 Å². The minimum absolute atomic E-state index is 0.0509. The average molecular weight is 394 g/mol. The van der Waals surface area contributed by atoms with E-state index in [-0.39, 0.29) is 17.4 Å². The lowest BCUT2D eigenvalue weighted by Gasteiger charge is -2.24. The number of nitrogens with zero attached hydrogens (tertiary/aromatic N) is 1. The monoisotopic (exact) mass is 394 g/mol. The van der Waals surface area contributed by atoms with Crippen LogP contribution in [0.2, 0.25) is 0 Å². The normalized spacial score (nSPS) is 15.6. The van der Waals surface area contributed by atoms with Crippen LogP contribution in [0.5, 0.6) is 5.75 Å². The van der Waals surface area contributed by atoms with E-state index in [2.05, 4.69) is 5.32 Å². The summed E-state index contributed by atoms with van der Waals surface area (Å²) in [6, 6.07) is 13.9. The van der Waals surface area contributed by atoms with E-state index in [9.17, 15) is 14.9 Å². The van der Waals surface area contributed by atoms with Gasteiger partial charge in [-0.2, -0.15) is 0 Å². The maximum absolute atomic E-state index is 12.9. The van der Waals surface area contributed by atoms with E-state index in [4.69, 9.17) is 4.74 Å². The van der Waals surface area contributed by atoms with Crippen LogP contribution in [0.4, 0.5) is 17.1 Å². The molecule has 0 saturated heterocycles. The molecule has 1 N–H and O–H groups in total. The SMILES string of the molecule is Cc1ccc2c(c1)C(=O)C(Cc1sccc1Nc1ccc([N+](=O)[O-])cc1)CO2. The number of ketones is 1. The largest absolute Gasteiger partial charge is 0.492 e. The molecule has 2 heterocycles. The Hall–Kier alpha value is -3.19. The van der Waals surface area contributed by atoms with Gasteiger partial charge in [0.05, 0.1) is 28.7 Å². The van der Waals surface area contributed by atoms with Gasteiger partial charge in [-0.05, 0) is 49.1 Å². The highest BCUT2D eigenvalue weighted by Gasteiger charge is 2.30. The van der Waals surface area contributed by atoms with Gasteiger partial charge in [-0.1, -0.05) is 11.6 Å². The smallest absolute Gasteiger partial charge is 0.269 e. The number of nitro benzene ring substituents is 1. The number of fused-ring (bicyclic) bond motifs is 1. The van der Waals surface area contributed by atoms with Crippen molar-refractivity contribution >= 4 is 34.2 Å². The Labute approximate surface area is 165 Å². The van der Waals surface area contributed by atoms with Gasteiger partial charge < -0.3 is 10.1 Å². The zero-order chi connectivity index (χ0) is 19.7. The summed E-state index contributed by atoms with van der Waals surface area (Å²) in [5, 5.41) is 16.0. The van der Waals surface area contributed by atoms with Crippen molar-refractivity contribution in [2.45, 2.75) is 13.3 Å². The van der Waals surface area contributed by atoms with Crippen molar-refractivity contribution in [1.29, 1.82) is 0 Å². The predicted octanol–water partition coefficient (Wildman–Crippen LogP) is 5.14. The molecule has 0 radical (unpaired) electrons. The summed E-state index contributed by atoms with van der Waals surface area (Å²) in [6.07, 6.45) is 0.583. The molecular formula is C21H18N2O4S. The van der Waals surface area contributed by atoms with E-state index in [0.29, 0.717) is 24.3 Å². The van der Waals surface area contributed by atoms with E-state index in [1.807, 2.05) is 36.6 Å². The Morgan fingerprint density at radius 1 is 1.21 bits per heavy atom. The lowest BCUT2D eigenvalue weighted by Crippen LogP contribution is -2.29. The fourth-order valence-electron chi connectivity index (χ4n) is 3.26. The molecule has 0 spiro atoms. The fourth-order valence-corrected chi connectivity index (χ4v) is 4.17. The predicted molar refractivity (Wildman–Crippen MR) is 109 cm³/mol. The Kier molecular flexibility index (Phi) is 4.83. The number of thiophene rings is 1. The van der Waals surface area contributed by atoms with Crippen LogP contribution in [0.15, 0.2) is 53.9 Å². The van der Waals surface area contributed by atoms with Crippen LogP contribution < -0.4 is 10.1 Å². The molecular weight excluding hydrogens is 376 g/mol.